The standard InChI is InChI=1S/C9H15NO2.H2S/c1-9-4-2-3-7(9)10-6(5-9)8(11)12;/h6-7,10H,2-5H2,1H3,(H,11,12);1H2/t6-,7-,9-;/m0./s1. The smallest absolute Gasteiger partial charge is 0.320 e. The average Bonchev–Trinajstić information content (AvgIpc) is 2.41. The first-order valence-electron chi connectivity index (χ1n) is 4.61. The van der Waals surface area contributed by atoms with E-state index in [1.165, 1.54) is 12.8 Å². The third kappa shape index (κ3) is 1.70. The lowest BCUT2D eigenvalue weighted by Gasteiger charge is -2.21. The molecule has 2 aliphatic rings. The molecule has 0 spiro atoms. The maximum absolute atomic E-state index is 10.7. The minimum absolute atomic E-state index is 0. The highest BCUT2D eigenvalue weighted by Gasteiger charge is 2.48. The fourth-order valence-electron chi connectivity index (χ4n) is 2.69. The zero-order valence-electron chi connectivity index (χ0n) is 7.84. The number of nitrogens with one attached hydrogen (secondary N) is 1. The van der Waals surface area contributed by atoms with Gasteiger partial charge in [-0.05, 0) is 24.7 Å². The van der Waals surface area contributed by atoms with Gasteiger partial charge in [-0.15, -0.1) is 0 Å². The summed E-state index contributed by atoms with van der Waals surface area (Å²) in [6.07, 6.45) is 4.40. The van der Waals surface area contributed by atoms with Gasteiger partial charge in [0.25, 0.3) is 0 Å². The van der Waals surface area contributed by atoms with Crippen molar-refractivity contribution in [2.24, 2.45) is 5.41 Å². The number of aliphatic carboxylic acids is 1. The summed E-state index contributed by atoms with van der Waals surface area (Å²) in [4.78, 5) is 10.7. The van der Waals surface area contributed by atoms with E-state index in [1.807, 2.05) is 0 Å². The highest BCUT2D eigenvalue weighted by atomic mass is 32.1. The molecule has 1 saturated carbocycles. The van der Waals surface area contributed by atoms with Crippen LogP contribution in [0.15, 0.2) is 0 Å². The minimum Gasteiger partial charge on any atom is -0.480 e. The van der Waals surface area contributed by atoms with Crippen LogP contribution >= 0.6 is 13.5 Å². The van der Waals surface area contributed by atoms with Gasteiger partial charge >= 0.3 is 5.97 Å². The monoisotopic (exact) mass is 203 g/mol. The molecule has 4 heteroatoms. The molecule has 0 bridgehead atoms. The Kier molecular flexibility index (Phi) is 2.92. The van der Waals surface area contributed by atoms with Gasteiger partial charge in [0, 0.05) is 6.04 Å². The van der Waals surface area contributed by atoms with Crippen LogP contribution in [-0.2, 0) is 4.79 Å². The van der Waals surface area contributed by atoms with Gasteiger partial charge in [0.1, 0.15) is 6.04 Å². The van der Waals surface area contributed by atoms with Crippen molar-refractivity contribution in [3.8, 4) is 0 Å². The summed E-state index contributed by atoms with van der Waals surface area (Å²) < 4.78 is 0. The van der Waals surface area contributed by atoms with Gasteiger partial charge in [-0.25, -0.2) is 0 Å². The molecule has 0 aromatic rings. The number of hydrogen-bond acceptors (Lipinski definition) is 2. The normalized spacial score (nSPS) is 42.5. The molecule has 2 rings (SSSR count). The molecule has 0 aromatic carbocycles. The van der Waals surface area contributed by atoms with E-state index in [0.717, 1.165) is 12.8 Å². The van der Waals surface area contributed by atoms with Crippen molar-refractivity contribution < 1.29 is 9.90 Å². The number of carbonyl (C=O) groups is 1. The second kappa shape index (κ2) is 3.50. The predicted molar refractivity (Wildman–Crippen MR) is 55.3 cm³/mol. The summed E-state index contributed by atoms with van der Waals surface area (Å²) in [5.74, 6) is -0.689. The molecule has 76 valence electrons. The Labute approximate surface area is 85.3 Å². The Bertz CT molecular complexity index is 222. The second-order valence-corrected chi connectivity index (χ2v) is 4.36. The summed E-state index contributed by atoms with van der Waals surface area (Å²) in [7, 11) is 0. The van der Waals surface area contributed by atoms with Crippen molar-refractivity contribution in [1.29, 1.82) is 0 Å². The van der Waals surface area contributed by atoms with E-state index in [0.29, 0.717) is 6.04 Å². The van der Waals surface area contributed by atoms with E-state index >= 15 is 0 Å². The van der Waals surface area contributed by atoms with Crippen LogP contribution in [0.4, 0.5) is 0 Å². The van der Waals surface area contributed by atoms with Crippen LogP contribution in [0, 0.1) is 5.41 Å². The first kappa shape index (κ1) is 10.9. The molecule has 1 aliphatic carbocycles. The van der Waals surface area contributed by atoms with Gasteiger partial charge in [0.2, 0.25) is 0 Å². The first-order valence-corrected chi connectivity index (χ1v) is 4.61. The summed E-state index contributed by atoms with van der Waals surface area (Å²) in [5, 5.41) is 12.0. The molecular formula is C9H17NO2S. The van der Waals surface area contributed by atoms with Crippen molar-refractivity contribution in [2.45, 2.75) is 44.7 Å². The van der Waals surface area contributed by atoms with E-state index in [-0.39, 0.29) is 25.0 Å². The Morgan fingerprint density at radius 3 is 2.85 bits per heavy atom. The molecule has 0 aromatic heterocycles. The van der Waals surface area contributed by atoms with E-state index in [2.05, 4.69) is 12.2 Å². The van der Waals surface area contributed by atoms with Crippen LogP contribution in [-0.4, -0.2) is 23.2 Å². The number of carboxylic acids is 1. The average molecular weight is 203 g/mol. The molecule has 2 fully saturated rings. The number of hydrogen-bond donors (Lipinski definition) is 2. The molecule has 3 nitrogen and oxygen atoms in total. The Balaban J connectivity index is 0.000000845. The molecule has 13 heavy (non-hydrogen) atoms. The first-order chi connectivity index (χ1) is 5.62. The van der Waals surface area contributed by atoms with Gasteiger partial charge in [-0.3, -0.25) is 4.79 Å². The molecular weight excluding hydrogens is 186 g/mol. The summed E-state index contributed by atoms with van der Waals surface area (Å²) in [6.45, 7) is 2.21. The minimum atomic E-state index is -0.689. The number of rotatable bonds is 1. The number of carboxylic acid groups (broad SMARTS) is 1. The summed E-state index contributed by atoms with van der Waals surface area (Å²) in [5.41, 5.74) is 0.267. The number of fused-ring (bicyclic) bond motifs is 1. The summed E-state index contributed by atoms with van der Waals surface area (Å²) >= 11 is 0. The largest absolute Gasteiger partial charge is 0.480 e. The third-order valence-corrected chi connectivity index (χ3v) is 3.45. The highest BCUT2D eigenvalue weighted by Crippen LogP contribution is 2.45. The van der Waals surface area contributed by atoms with Gasteiger partial charge in [-0.2, -0.15) is 13.5 Å². The van der Waals surface area contributed by atoms with Crippen LogP contribution in [0.1, 0.15) is 32.6 Å². The lowest BCUT2D eigenvalue weighted by Crippen LogP contribution is -2.35. The van der Waals surface area contributed by atoms with E-state index < -0.39 is 5.97 Å². The molecule has 0 amide bonds. The van der Waals surface area contributed by atoms with Gasteiger partial charge in [-0.1, -0.05) is 13.3 Å². The molecule has 1 saturated heterocycles. The molecule has 3 atom stereocenters. The molecule has 2 N–H and O–H groups in total. The maximum atomic E-state index is 10.7. The lowest BCUT2D eigenvalue weighted by atomic mass is 9.84. The SMILES string of the molecule is C[C@@]12CCC[C@@H]1N[C@H](C(=O)O)C2.S. The quantitative estimate of drug-likeness (QED) is 0.671. The fourth-order valence-corrected chi connectivity index (χ4v) is 2.69. The van der Waals surface area contributed by atoms with Gasteiger partial charge in [0.15, 0.2) is 0 Å². The third-order valence-electron chi connectivity index (χ3n) is 3.45. The topological polar surface area (TPSA) is 49.3 Å². The lowest BCUT2D eigenvalue weighted by molar-refractivity contribution is -0.139. The molecule has 1 heterocycles. The van der Waals surface area contributed by atoms with E-state index in [4.69, 9.17) is 5.11 Å². The second-order valence-electron chi connectivity index (χ2n) is 4.36. The predicted octanol–water partition coefficient (Wildman–Crippen LogP) is 1.10. The van der Waals surface area contributed by atoms with Crippen LogP contribution in [0.5, 0.6) is 0 Å². The van der Waals surface area contributed by atoms with Crippen LogP contribution in [0.2, 0.25) is 0 Å². The van der Waals surface area contributed by atoms with E-state index in [9.17, 15) is 4.79 Å². The summed E-state index contributed by atoms with van der Waals surface area (Å²) in [6, 6.07) is 0.166. The van der Waals surface area contributed by atoms with Crippen LogP contribution in [0.25, 0.3) is 0 Å². The maximum Gasteiger partial charge on any atom is 0.320 e. The van der Waals surface area contributed by atoms with Crippen LogP contribution in [0.3, 0.4) is 0 Å². The van der Waals surface area contributed by atoms with Crippen molar-refractivity contribution in [1.82, 2.24) is 5.32 Å². The Hall–Kier alpha value is -0.220. The van der Waals surface area contributed by atoms with Crippen molar-refractivity contribution in [2.75, 3.05) is 0 Å². The van der Waals surface area contributed by atoms with Gasteiger partial charge in [0.05, 0.1) is 0 Å². The Morgan fingerprint density at radius 1 is 1.62 bits per heavy atom. The van der Waals surface area contributed by atoms with Crippen molar-refractivity contribution in [3.63, 3.8) is 0 Å². The van der Waals surface area contributed by atoms with Gasteiger partial charge < -0.3 is 10.4 Å². The fraction of sp³-hybridized carbons (Fsp3) is 0.889. The van der Waals surface area contributed by atoms with Crippen molar-refractivity contribution in [3.05, 3.63) is 0 Å². The molecule has 1 aliphatic heterocycles. The Morgan fingerprint density at radius 2 is 2.31 bits per heavy atom. The molecule has 0 radical (unpaired) electrons. The zero-order chi connectivity index (χ0) is 8.77. The van der Waals surface area contributed by atoms with E-state index in [1.54, 1.807) is 0 Å². The highest BCUT2D eigenvalue weighted by molar-refractivity contribution is 7.59. The molecule has 0 unspecified atom stereocenters. The van der Waals surface area contributed by atoms with Crippen LogP contribution < -0.4 is 5.32 Å². The zero-order valence-corrected chi connectivity index (χ0v) is 8.84. The van der Waals surface area contributed by atoms with Crippen molar-refractivity contribution >= 4 is 19.5 Å².